The summed E-state index contributed by atoms with van der Waals surface area (Å²) >= 11 is 0. The van der Waals surface area contributed by atoms with E-state index in [1.54, 1.807) is 0 Å². The fraction of sp³-hybridized carbons (Fsp3) is 0.938. The maximum atomic E-state index is 11.9. The maximum Gasteiger partial charge on any atom is 0.225 e. The number of hydrogen-bond donors (Lipinski definition) is 1. The number of likely N-dealkylation sites (tertiary alicyclic amines) is 1. The molecule has 1 saturated heterocycles. The van der Waals surface area contributed by atoms with E-state index in [0.29, 0.717) is 11.9 Å². The Kier molecular flexibility index (Phi) is 10.8. The van der Waals surface area contributed by atoms with Crippen molar-refractivity contribution in [3.63, 3.8) is 0 Å². The van der Waals surface area contributed by atoms with Crippen molar-refractivity contribution in [2.24, 2.45) is 5.92 Å². The van der Waals surface area contributed by atoms with E-state index in [0.717, 1.165) is 39.0 Å². The zero-order chi connectivity index (χ0) is 15.5. The Morgan fingerprint density at radius 1 is 1.30 bits per heavy atom. The number of nitrogens with one attached hydrogen (secondary N) is 1. The predicted molar refractivity (Wildman–Crippen MR) is 87.0 cm³/mol. The quantitative estimate of drug-likeness (QED) is 0.760. The lowest BCUT2D eigenvalue weighted by Crippen LogP contribution is -2.47. The first kappa shape index (κ1) is 19.4. The second-order valence-electron chi connectivity index (χ2n) is 5.65. The van der Waals surface area contributed by atoms with Crippen LogP contribution in [-0.4, -0.2) is 62.0 Å². The summed E-state index contributed by atoms with van der Waals surface area (Å²) in [6, 6.07) is 0.651. The molecule has 1 amide bonds. The van der Waals surface area contributed by atoms with E-state index in [4.69, 9.17) is 0 Å². The van der Waals surface area contributed by atoms with Gasteiger partial charge in [0.1, 0.15) is 0 Å². The summed E-state index contributed by atoms with van der Waals surface area (Å²) in [5, 5.41) is 3.18. The molecule has 1 aliphatic heterocycles. The Balaban J connectivity index is 0.00000172. The molecule has 4 nitrogen and oxygen atoms in total. The predicted octanol–water partition coefficient (Wildman–Crippen LogP) is 2.20. The lowest BCUT2D eigenvalue weighted by atomic mass is 10.0. The molecule has 0 bridgehead atoms. The van der Waals surface area contributed by atoms with Gasteiger partial charge in [-0.25, -0.2) is 0 Å². The van der Waals surface area contributed by atoms with Crippen LogP contribution in [0.25, 0.3) is 0 Å². The molecule has 0 spiro atoms. The van der Waals surface area contributed by atoms with Gasteiger partial charge in [0, 0.05) is 25.0 Å². The van der Waals surface area contributed by atoms with E-state index in [-0.39, 0.29) is 5.92 Å². The third-order valence-corrected chi connectivity index (χ3v) is 3.83. The van der Waals surface area contributed by atoms with Crippen LogP contribution < -0.4 is 5.32 Å². The fourth-order valence-electron chi connectivity index (χ4n) is 2.58. The molecular formula is C16H35N3O. The topological polar surface area (TPSA) is 35.6 Å². The standard InChI is InChI=1S/C14H29N3O.C2H6/c1-12(2)14(18)17-10-6-13(7-11-17)16(4)9-5-8-15-3;1-2/h12-13,15H,5-11H2,1-4H3;1-2H3. The molecule has 1 heterocycles. The number of carbonyl (C=O) groups excluding carboxylic acids is 1. The first-order valence-corrected chi connectivity index (χ1v) is 8.20. The number of piperidine rings is 1. The van der Waals surface area contributed by atoms with Crippen LogP contribution in [0.15, 0.2) is 0 Å². The Hall–Kier alpha value is -0.610. The molecule has 0 aromatic carbocycles. The molecule has 0 aromatic heterocycles. The maximum absolute atomic E-state index is 11.9. The summed E-state index contributed by atoms with van der Waals surface area (Å²) in [6.07, 6.45) is 3.43. The van der Waals surface area contributed by atoms with Crippen LogP contribution in [0.4, 0.5) is 0 Å². The zero-order valence-electron chi connectivity index (χ0n) is 14.4. The number of nitrogens with zero attached hydrogens (tertiary/aromatic N) is 2. The van der Waals surface area contributed by atoms with Crippen molar-refractivity contribution in [3.8, 4) is 0 Å². The highest BCUT2D eigenvalue weighted by Crippen LogP contribution is 2.17. The Labute approximate surface area is 125 Å². The van der Waals surface area contributed by atoms with Crippen molar-refractivity contribution >= 4 is 5.91 Å². The molecule has 1 N–H and O–H groups in total. The molecule has 0 atom stereocenters. The van der Waals surface area contributed by atoms with Gasteiger partial charge in [-0.1, -0.05) is 27.7 Å². The zero-order valence-corrected chi connectivity index (χ0v) is 14.4. The van der Waals surface area contributed by atoms with Crippen molar-refractivity contribution in [3.05, 3.63) is 0 Å². The first-order valence-electron chi connectivity index (χ1n) is 8.20. The molecule has 1 aliphatic rings. The van der Waals surface area contributed by atoms with Crippen molar-refractivity contribution in [1.82, 2.24) is 15.1 Å². The molecule has 1 rings (SSSR count). The van der Waals surface area contributed by atoms with Gasteiger partial charge in [-0.15, -0.1) is 0 Å². The number of hydrogen-bond acceptors (Lipinski definition) is 3. The van der Waals surface area contributed by atoms with Gasteiger partial charge in [0.25, 0.3) is 0 Å². The SMILES string of the molecule is CC.CNCCCN(C)C1CCN(C(=O)C(C)C)CC1. The first-order chi connectivity index (χ1) is 9.56. The normalized spacial score (nSPS) is 16.3. The minimum absolute atomic E-state index is 0.134. The Morgan fingerprint density at radius 3 is 2.30 bits per heavy atom. The van der Waals surface area contributed by atoms with E-state index in [1.165, 1.54) is 6.42 Å². The van der Waals surface area contributed by atoms with E-state index < -0.39 is 0 Å². The molecule has 120 valence electrons. The van der Waals surface area contributed by atoms with Crippen LogP contribution in [0, 0.1) is 5.92 Å². The van der Waals surface area contributed by atoms with E-state index in [1.807, 2.05) is 39.6 Å². The summed E-state index contributed by atoms with van der Waals surface area (Å²) < 4.78 is 0. The van der Waals surface area contributed by atoms with Gasteiger partial charge in [-0.2, -0.15) is 0 Å². The van der Waals surface area contributed by atoms with Gasteiger partial charge in [0.2, 0.25) is 5.91 Å². The summed E-state index contributed by atoms with van der Waals surface area (Å²) in [5.74, 6) is 0.446. The second kappa shape index (κ2) is 11.1. The molecule has 0 aromatic rings. The van der Waals surface area contributed by atoms with E-state index in [9.17, 15) is 4.79 Å². The third kappa shape index (κ3) is 6.71. The number of amides is 1. The third-order valence-electron chi connectivity index (χ3n) is 3.83. The molecular weight excluding hydrogens is 250 g/mol. The monoisotopic (exact) mass is 285 g/mol. The van der Waals surface area contributed by atoms with Crippen molar-refractivity contribution in [1.29, 1.82) is 0 Å². The summed E-state index contributed by atoms with van der Waals surface area (Å²) in [5.41, 5.74) is 0. The van der Waals surface area contributed by atoms with Crippen LogP contribution in [0.1, 0.15) is 47.0 Å². The van der Waals surface area contributed by atoms with Gasteiger partial charge in [-0.3, -0.25) is 4.79 Å². The highest BCUT2D eigenvalue weighted by atomic mass is 16.2. The van der Waals surface area contributed by atoms with E-state index >= 15 is 0 Å². The Morgan fingerprint density at radius 2 is 1.85 bits per heavy atom. The average molecular weight is 285 g/mol. The van der Waals surface area contributed by atoms with Crippen LogP contribution in [0.2, 0.25) is 0 Å². The van der Waals surface area contributed by atoms with Gasteiger partial charge < -0.3 is 15.1 Å². The van der Waals surface area contributed by atoms with Crippen LogP contribution in [0.3, 0.4) is 0 Å². The summed E-state index contributed by atoms with van der Waals surface area (Å²) in [7, 11) is 4.20. The molecule has 0 aliphatic carbocycles. The minimum Gasteiger partial charge on any atom is -0.342 e. The largest absolute Gasteiger partial charge is 0.342 e. The fourth-order valence-corrected chi connectivity index (χ4v) is 2.58. The minimum atomic E-state index is 0.134. The van der Waals surface area contributed by atoms with Crippen LogP contribution in [-0.2, 0) is 4.79 Å². The summed E-state index contributed by atoms with van der Waals surface area (Å²) in [6.45, 7) is 12.0. The van der Waals surface area contributed by atoms with Crippen LogP contribution >= 0.6 is 0 Å². The lowest BCUT2D eigenvalue weighted by Gasteiger charge is -2.37. The second-order valence-corrected chi connectivity index (χ2v) is 5.65. The lowest BCUT2D eigenvalue weighted by molar-refractivity contribution is -0.136. The average Bonchev–Trinajstić information content (AvgIpc) is 2.48. The molecule has 4 heteroatoms. The number of carbonyl (C=O) groups is 1. The highest BCUT2D eigenvalue weighted by Gasteiger charge is 2.25. The van der Waals surface area contributed by atoms with Crippen molar-refractivity contribution in [2.75, 3.05) is 40.3 Å². The highest BCUT2D eigenvalue weighted by molar-refractivity contribution is 5.78. The molecule has 20 heavy (non-hydrogen) atoms. The van der Waals surface area contributed by atoms with Crippen molar-refractivity contribution in [2.45, 2.75) is 53.0 Å². The van der Waals surface area contributed by atoms with Crippen molar-refractivity contribution < 1.29 is 4.79 Å². The summed E-state index contributed by atoms with van der Waals surface area (Å²) in [4.78, 5) is 16.4. The molecule has 0 saturated carbocycles. The number of rotatable bonds is 6. The smallest absolute Gasteiger partial charge is 0.225 e. The Bertz CT molecular complexity index is 248. The van der Waals surface area contributed by atoms with Gasteiger partial charge in [-0.05, 0) is 46.4 Å². The molecule has 0 unspecified atom stereocenters. The van der Waals surface area contributed by atoms with Gasteiger partial charge >= 0.3 is 0 Å². The molecule has 0 radical (unpaired) electrons. The molecule has 1 fully saturated rings. The van der Waals surface area contributed by atoms with Gasteiger partial charge in [0.05, 0.1) is 0 Å². The van der Waals surface area contributed by atoms with E-state index in [2.05, 4.69) is 17.3 Å². The van der Waals surface area contributed by atoms with Crippen LogP contribution in [0.5, 0.6) is 0 Å². The van der Waals surface area contributed by atoms with Gasteiger partial charge in [0.15, 0.2) is 0 Å².